The molecule has 0 bridgehead atoms. The van der Waals surface area contributed by atoms with Crippen molar-refractivity contribution in [1.29, 1.82) is 0 Å². The number of carbonyl (C=O) groups is 1. The van der Waals surface area contributed by atoms with E-state index in [0.29, 0.717) is 6.61 Å². The van der Waals surface area contributed by atoms with Crippen molar-refractivity contribution in [1.82, 2.24) is 0 Å². The van der Waals surface area contributed by atoms with Gasteiger partial charge in [0.05, 0.1) is 12.7 Å². The van der Waals surface area contributed by atoms with Crippen molar-refractivity contribution in [2.45, 2.75) is 72.7 Å². The molecule has 118 valence electrons. The van der Waals surface area contributed by atoms with Crippen LogP contribution in [0.25, 0.3) is 0 Å². The summed E-state index contributed by atoms with van der Waals surface area (Å²) in [6.45, 7) is 15.3. The summed E-state index contributed by atoms with van der Waals surface area (Å²) < 4.78 is 11.5. The van der Waals surface area contributed by atoms with Crippen LogP contribution >= 0.6 is 0 Å². The molecule has 0 aromatic carbocycles. The number of carbonyl (C=O) groups excluding carboxylic acids is 1. The zero-order valence-electron chi connectivity index (χ0n) is 14.3. The van der Waals surface area contributed by atoms with E-state index in [1.165, 1.54) is 6.08 Å². The second-order valence-electron chi connectivity index (χ2n) is 6.26. The summed E-state index contributed by atoms with van der Waals surface area (Å²) in [6.07, 6.45) is 3.35. The molecule has 0 aliphatic rings. The van der Waals surface area contributed by atoms with Crippen LogP contribution in [-0.2, 0) is 14.0 Å². The zero-order chi connectivity index (χ0) is 15.8. The first-order valence-corrected chi connectivity index (χ1v) is 10.3. The molecule has 0 radical (unpaired) electrons. The van der Waals surface area contributed by atoms with Crippen molar-refractivity contribution in [2.75, 3.05) is 6.61 Å². The van der Waals surface area contributed by atoms with Gasteiger partial charge < -0.3 is 9.16 Å². The van der Waals surface area contributed by atoms with Crippen LogP contribution in [0, 0.1) is 5.41 Å². The summed E-state index contributed by atoms with van der Waals surface area (Å²) in [5.41, 5.74) is -0.0270. The molecule has 0 saturated heterocycles. The van der Waals surface area contributed by atoms with Gasteiger partial charge in [-0.15, -0.1) is 0 Å². The maximum atomic E-state index is 11.5. The average Bonchev–Trinajstić information content (AvgIpc) is 2.39. The Morgan fingerprint density at radius 3 is 1.95 bits per heavy atom. The lowest BCUT2D eigenvalue weighted by molar-refractivity contribution is -0.137. The van der Waals surface area contributed by atoms with Crippen LogP contribution in [0.2, 0.25) is 18.1 Å². The second-order valence-corrected chi connectivity index (χ2v) is 11.0. The Hall–Kier alpha value is -0.613. The molecule has 0 saturated carbocycles. The topological polar surface area (TPSA) is 35.5 Å². The molecule has 1 atom stereocenters. The Kier molecular flexibility index (Phi) is 8.36. The van der Waals surface area contributed by atoms with Gasteiger partial charge >= 0.3 is 5.97 Å². The molecular formula is C16H32O3Si. The van der Waals surface area contributed by atoms with Gasteiger partial charge in [0.15, 0.2) is 8.32 Å². The van der Waals surface area contributed by atoms with E-state index in [1.54, 1.807) is 0 Å². The lowest BCUT2D eigenvalue weighted by Gasteiger charge is -2.38. The molecule has 0 amide bonds. The fourth-order valence-corrected chi connectivity index (χ4v) is 5.10. The minimum absolute atomic E-state index is 0.0270. The fraction of sp³-hybridized carbons (Fsp3) is 0.812. The maximum Gasteiger partial charge on any atom is 0.330 e. The van der Waals surface area contributed by atoms with Crippen LogP contribution in [0.4, 0.5) is 0 Å². The van der Waals surface area contributed by atoms with E-state index in [4.69, 9.17) is 9.16 Å². The average molecular weight is 301 g/mol. The number of hydrogen-bond acceptors (Lipinski definition) is 3. The van der Waals surface area contributed by atoms with Crippen molar-refractivity contribution in [3.63, 3.8) is 0 Å². The molecule has 0 aliphatic carbocycles. The molecule has 0 spiro atoms. The number of rotatable bonds is 8. The predicted molar refractivity (Wildman–Crippen MR) is 87.3 cm³/mol. The first-order chi connectivity index (χ1) is 9.24. The van der Waals surface area contributed by atoms with Gasteiger partial charge in [-0.1, -0.05) is 41.5 Å². The zero-order valence-corrected chi connectivity index (χ0v) is 15.3. The van der Waals surface area contributed by atoms with Crippen LogP contribution in [0.1, 0.15) is 48.5 Å². The standard InChI is InChI=1S/C16H32O3Si/c1-8-18-15(17)13-12-14(16(5,6)7)19-20(9-2,10-3)11-4/h12-14H,8-11H2,1-7H3/t14-/m0/s1. The number of ether oxygens (including phenoxy) is 1. The maximum absolute atomic E-state index is 11.5. The van der Waals surface area contributed by atoms with Gasteiger partial charge in [-0.05, 0) is 36.5 Å². The highest BCUT2D eigenvalue weighted by Gasteiger charge is 2.35. The summed E-state index contributed by atoms with van der Waals surface area (Å²) >= 11 is 0. The van der Waals surface area contributed by atoms with Gasteiger partial charge in [-0.25, -0.2) is 4.79 Å². The third-order valence-electron chi connectivity index (χ3n) is 3.86. The Labute approximate surface area is 125 Å². The molecule has 0 N–H and O–H groups in total. The molecule has 4 heteroatoms. The molecule has 0 aromatic heterocycles. The van der Waals surface area contributed by atoms with Gasteiger partial charge in [0.25, 0.3) is 0 Å². The minimum atomic E-state index is -1.68. The SMILES string of the molecule is CCOC(=O)C=C[C@H](O[Si](CC)(CC)CC)C(C)(C)C. The highest BCUT2D eigenvalue weighted by Crippen LogP contribution is 2.31. The quantitative estimate of drug-likeness (QED) is 0.375. The Balaban J connectivity index is 5.04. The third-order valence-corrected chi connectivity index (χ3v) is 8.48. The predicted octanol–water partition coefficient (Wildman–Crippen LogP) is 4.54. The monoisotopic (exact) mass is 300 g/mol. The van der Waals surface area contributed by atoms with E-state index in [-0.39, 0.29) is 17.5 Å². The minimum Gasteiger partial charge on any atom is -0.463 e. The third kappa shape index (κ3) is 6.22. The van der Waals surface area contributed by atoms with Gasteiger partial charge in [0.2, 0.25) is 0 Å². The molecular weight excluding hydrogens is 268 g/mol. The van der Waals surface area contributed by atoms with E-state index in [1.807, 2.05) is 13.0 Å². The molecule has 0 heterocycles. The highest BCUT2D eigenvalue weighted by atomic mass is 28.4. The smallest absolute Gasteiger partial charge is 0.330 e. The van der Waals surface area contributed by atoms with E-state index >= 15 is 0 Å². The molecule has 0 aromatic rings. The van der Waals surface area contributed by atoms with E-state index in [0.717, 1.165) is 18.1 Å². The van der Waals surface area contributed by atoms with Crippen LogP contribution in [0.3, 0.4) is 0 Å². The summed E-state index contributed by atoms with van der Waals surface area (Å²) in [6, 6.07) is 3.33. The summed E-state index contributed by atoms with van der Waals surface area (Å²) in [5.74, 6) is -0.290. The number of hydrogen-bond donors (Lipinski definition) is 0. The molecule has 0 aliphatic heterocycles. The molecule has 0 fully saturated rings. The van der Waals surface area contributed by atoms with Crippen LogP contribution in [0.5, 0.6) is 0 Å². The van der Waals surface area contributed by atoms with Crippen molar-refractivity contribution < 1.29 is 14.0 Å². The van der Waals surface area contributed by atoms with Crippen LogP contribution < -0.4 is 0 Å². The Morgan fingerprint density at radius 2 is 1.60 bits per heavy atom. The largest absolute Gasteiger partial charge is 0.463 e. The van der Waals surface area contributed by atoms with E-state index < -0.39 is 8.32 Å². The van der Waals surface area contributed by atoms with E-state index in [9.17, 15) is 4.79 Å². The first-order valence-electron chi connectivity index (χ1n) is 7.77. The van der Waals surface area contributed by atoms with Crippen molar-refractivity contribution in [2.24, 2.45) is 5.41 Å². The van der Waals surface area contributed by atoms with E-state index in [2.05, 4.69) is 41.5 Å². The first kappa shape index (κ1) is 19.4. The number of esters is 1. The van der Waals surface area contributed by atoms with Gasteiger partial charge in [-0.3, -0.25) is 0 Å². The highest BCUT2D eigenvalue weighted by molar-refractivity contribution is 6.73. The second kappa shape index (κ2) is 8.62. The van der Waals surface area contributed by atoms with Crippen molar-refractivity contribution in [3.8, 4) is 0 Å². The van der Waals surface area contributed by atoms with Gasteiger partial charge in [-0.2, -0.15) is 0 Å². The lowest BCUT2D eigenvalue weighted by atomic mass is 9.89. The molecule has 0 unspecified atom stereocenters. The van der Waals surface area contributed by atoms with Crippen LogP contribution in [-0.4, -0.2) is 27.0 Å². The van der Waals surface area contributed by atoms with Gasteiger partial charge in [0.1, 0.15) is 0 Å². The fourth-order valence-electron chi connectivity index (χ4n) is 2.13. The summed E-state index contributed by atoms with van der Waals surface area (Å²) in [7, 11) is -1.68. The normalized spacial score (nSPS) is 14.6. The van der Waals surface area contributed by atoms with Crippen molar-refractivity contribution in [3.05, 3.63) is 12.2 Å². The Morgan fingerprint density at radius 1 is 1.10 bits per heavy atom. The van der Waals surface area contributed by atoms with Crippen molar-refractivity contribution >= 4 is 14.3 Å². The Bertz CT molecular complexity index is 306. The summed E-state index contributed by atoms with van der Waals surface area (Å²) in [4.78, 5) is 11.5. The van der Waals surface area contributed by atoms with Crippen LogP contribution in [0.15, 0.2) is 12.2 Å². The molecule has 3 nitrogen and oxygen atoms in total. The lowest BCUT2D eigenvalue weighted by Crippen LogP contribution is -2.43. The van der Waals surface area contributed by atoms with Gasteiger partial charge in [0, 0.05) is 6.08 Å². The molecule has 20 heavy (non-hydrogen) atoms. The molecule has 0 rings (SSSR count). The summed E-state index contributed by atoms with van der Waals surface area (Å²) in [5, 5.41) is 0.